The number of nitrogens with zero attached hydrogens (tertiary/aromatic N) is 1. The van der Waals surface area contributed by atoms with E-state index >= 15 is 0 Å². The average Bonchev–Trinajstić information content (AvgIpc) is 2.40. The molecule has 0 spiro atoms. The first-order valence-corrected chi connectivity index (χ1v) is 7.34. The van der Waals surface area contributed by atoms with Crippen LogP contribution in [0.15, 0.2) is 47.5 Å². The Morgan fingerprint density at radius 3 is 2.29 bits per heavy atom. The highest BCUT2D eigenvalue weighted by Crippen LogP contribution is 2.25. The smallest absolute Gasteiger partial charge is 0.0629 e. The van der Waals surface area contributed by atoms with E-state index in [-0.39, 0.29) is 5.54 Å². The summed E-state index contributed by atoms with van der Waals surface area (Å²) in [4.78, 5) is 4.58. The van der Waals surface area contributed by atoms with Crippen LogP contribution in [0.2, 0.25) is 0 Å². The molecule has 0 aliphatic heterocycles. The first-order chi connectivity index (χ1) is 9.85. The van der Waals surface area contributed by atoms with Crippen molar-refractivity contribution in [3.63, 3.8) is 0 Å². The zero-order valence-corrected chi connectivity index (χ0v) is 13.6. The van der Waals surface area contributed by atoms with Crippen molar-refractivity contribution in [2.75, 3.05) is 5.32 Å². The van der Waals surface area contributed by atoms with Crippen LogP contribution < -0.4 is 5.32 Å². The van der Waals surface area contributed by atoms with Crippen LogP contribution in [0.25, 0.3) is 0 Å². The fourth-order valence-electron chi connectivity index (χ4n) is 2.31. The van der Waals surface area contributed by atoms with E-state index in [0.29, 0.717) is 0 Å². The molecule has 2 nitrogen and oxygen atoms in total. The largest absolute Gasteiger partial charge is 0.380 e. The van der Waals surface area contributed by atoms with Crippen molar-refractivity contribution in [3.8, 4) is 0 Å². The first kappa shape index (κ1) is 15.3. The maximum Gasteiger partial charge on any atom is 0.0629 e. The van der Waals surface area contributed by atoms with Crippen molar-refractivity contribution in [2.24, 2.45) is 4.99 Å². The molecule has 2 rings (SSSR count). The van der Waals surface area contributed by atoms with Crippen LogP contribution in [-0.2, 0) is 0 Å². The fourth-order valence-corrected chi connectivity index (χ4v) is 2.31. The van der Waals surface area contributed by atoms with E-state index in [1.807, 2.05) is 36.5 Å². The molecule has 0 unspecified atom stereocenters. The lowest BCUT2D eigenvalue weighted by atomic mass is 10.0. The van der Waals surface area contributed by atoms with Crippen molar-refractivity contribution in [3.05, 3.63) is 59.2 Å². The Labute approximate surface area is 127 Å². The normalized spacial score (nSPS) is 11.9. The van der Waals surface area contributed by atoms with Gasteiger partial charge in [0.25, 0.3) is 0 Å². The number of nitrogens with one attached hydrogen (secondary N) is 1. The summed E-state index contributed by atoms with van der Waals surface area (Å²) in [6.45, 7) is 10.8. The molecule has 0 saturated carbocycles. The molecule has 0 heterocycles. The Morgan fingerprint density at radius 1 is 1.00 bits per heavy atom. The predicted molar refractivity (Wildman–Crippen MR) is 93.0 cm³/mol. The second kappa shape index (κ2) is 6.13. The molecule has 1 N–H and O–H groups in total. The standard InChI is InChI=1S/C19H24N2/c1-14-11-15(2)18(21-19(3,4)5)16(12-14)13-20-17-9-7-6-8-10-17/h6-13,21H,1-5H3. The first-order valence-electron chi connectivity index (χ1n) is 7.34. The van der Waals surface area contributed by atoms with Crippen molar-refractivity contribution in [1.29, 1.82) is 0 Å². The van der Waals surface area contributed by atoms with Gasteiger partial charge in [-0.25, -0.2) is 0 Å². The summed E-state index contributed by atoms with van der Waals surface area (Å²) in [7, 11) is 0. The van der Waals surface area contributed by atoms with E-state index in [4.69, 9.17) is 0 Å². The van der Waals surface area contributed by atoms with Crippen LogP contribution >= 0.6 is 0 Å². The Bertz CT molecular complexity index is 635. The molecular weight excluding hydrogens is 256 g/mol. The van der Waals surface area contributed by atoms with Gasteiger partial charge >= 0.3 is 0 Å². The van der Waals surface area contributed by atoms with E-state index in [1.54, 1.807) is 0 Å². The summed E-state index contributed by atoms with van der Waals surface area (Å²) >= 11 is 0. The minimum Gasteiger partial charge on any atom is -0.380 e. The molecule has 110 valence electrons. The third kappa shape index (κ3) is 4.45. The van der Waals surface area contributed by atoms with Crippen LogP contribution in [0.1, 0.15) is 37.5 Å². The lowest BCUT2D eigenvalue weighted by Crippen LogP contribution is -2.27. The van der Waals surface area contributed by atoms with Gasteiger partial charge in [0.15, 0.2) is 0 Å². The number of anilines is 1. The van der Waals surface area contributed by atoms with Gasteiger partial charge in [-0.05, 0) is 58.4 Å². The number of aryl methyl sites for hydroxylation is 2. The highest BCUT2D eigenvalue weighted by molar-refractivity contribution is 5.90. The Balaban J connectivity index is 2.40. The Hall–Kier alpha value is -2.09. The van der Waals surface area contributed by atoms with Crippen molar-refractivity contribution in [1.82, 2.24) is 0 Å². The molecule has 0 amide bonds. The molecule has 0 aliphatic rings. The van der Waals surface area contributed by atoms with E-state index in [1.165, 1.54) is 11.1 Å². The number of benzene rings is 2. The van der Waals surface area contributed by atoms with E-state index in [9.17, 15) is 0 Å². The van der Waals surface area contributed by atoms with Gasteiger partial charge in [-0.1, -0.05) is 29.8 Å². The van der Waals surface area contributed by atoms with Gasteiger partial charge < -0.3 is 5.32 Å². The second-order valence-corrected chi connectivity index (χ2v) is 6.51. The fraction of sp³-hybridized carbons (Fsp3) is 0.316. The monoisotopic (exact) mass is 280 g/mol. The second-order valence-electron chi connectivity index (χ2n) is 6.51. The molecule has 21 heavy (non-hydrogen) atoms. The molecular formula is C19H24N2. The SMILES string of the molecule is Cc1cc(C)c(NC(C)(C)C)c(C=Nc2ccccc2)c1. The molecule has 2 aromatic carbocycles. The lowest BCUT2D eigenvalue weighted by Gasteiger charge is -2.25. The lowest BCUT2D eigenvalue weighted by molar-refractivity contribution is 0.633. The molecule has 0 atom stereocenters. The molecule has 0 fully saturated rings. The van der Waals surface area contributed by atoms with Gasteiger partial charge in [-0.2, -0.15) is 0 Å². The van der Waals surface area contributed by atoms with E-state index in [2.05, 4.69) is 57.1 Å². The number of aliphatic imine (C=N–C) groups is 1. The maximum absolute atomic E-state index is 4.58. The average molecular weight is 280 g/mol. The summed E-state index contributed by atoms with van der Waals surface area (Å²) in [5.41, 5.74) is 5.79. The summed E-state index contributed by atoms with van der Waals surface area (Å²) < 4.78 is 0. The number of hydrogen-bond acceptors (Lipinski definition) is 2. The Morgan fingerprint density at radius 2 is 1.67 bits per heavy atom. The van der Waals surface area contributed by atoms with Gasteiger partial charge in [-0.15, -0.1) is 0 Å². The zero-order chi connectivity index (χ0) is 15.5. The number of para-hydroxylation sites is 1. The molecule has 0 saturated heterocycles. The molecule has 0 bridgehead atoms. The van der Waals surface area contributed by atoms with Gasteiger partial charge in [0.2, 0.25) is 0 Å². The number of rotatable bonds is 3. The Kier molecular flexibility index (Phi) is 4.46. The zero-order valence-electron chi connectivity index (χ0n) is 13.6. The quantitative estimate of drug-likeness (QED) is 0.761. The number of hydrogen-bond donors (Lipinski definition) is 1. The van der Waals surface area contributed by atoms with Gasteiger partial charge in [0.05, 0.1) is 5.69 Å². The van der Waals surface area contributed by atoms with Crippen molar-refractivity contribution >= 4 is 17.6 Å². The molecule has 0 radical (unpaired) electrons. The minimum absolute atomic E-state index is 0.0232. The van der Waals surface area contributed by atoms with Gasteiger partial charge in [0.1, 0.15) is 0 Å². The molecule has 2 heteroatoms. The van der Waals surface area contributed by atoms with Crippen LogP contribution in [-0.4, -0.2) is 11.8 Å². The van der Waals surface area contributed by atoms with Crippen LogP contribution in [0, 0.1) is 13.8 Å². The third-order valence-corrected chi connectivity index (χ3v) is 3.12. The third-order valence-electron chi connectivity index (χ3n) is 3.12. The van der Waals surface area contributed by atoms with Crippen LogP contribution in [0.5, 0.6) is 0 Å². The van der Waals surface area contributed by atoms with Gasteiger partial charge in [0, 0.05) is 23.0 Å². The summed E-state index contributed by atoms with van der Waals surface area (Å²) in [6.07, 6.45) is 1.95. The molecule has 0 aliphatic carbocycles. The highest BCUT2D eigenvalue weighted by atomic mass is 15.0. The molecule has 2 aromatic rings. The topological polar surface area (TPSA) is 24.4 Å². The highest BCUT2D eigenvalue weighted by Gasteiger charge is 2.14. The van der Waals surface area contributed by atoms with Crippen LogP contribution in [0.4, 0.5) is 11.4 Å². The summed E-state index contributed by atoms with van der Waals surface area (Å²) in [6, 6.07) is 14.4. The van der Waals surface area contributed by atoms with Crippen molar-refractivity contribution in [2.45, 2.75) is 40.2 Å². The minimum atomic E-state index is 0.0232. The van der Waals surface area contributed by atoms with E-state index < -0.39 is 0 Å². The predicted octanol–water partition coefficient (Wildman–Crippen LogP) is 5.26. The van der Waals surface area contributed by atoms with Crippen LogP contribution in [0.3, 0.4) is 0 Å². The van der Waals surface area contributed by atoms with E-state index in [0.717, 1.165) is 16.9 Å². The van der Waals surface area contributed by atoms with Gasteiger partial charge in [-0.3, -0.25) is 4.99 Å². The molecule has 0 aromatic heterocycles. The summed E-state index contributed by atoms with van der Waals surface area (Å²) in [5.74, 6) is 0. The maximum atomic E-state index is 4.58. The van der Waals surface area contributed by atoms with Crippen molar-refractivity contribution < 1.29 is 0 Å². The summed E-state index contributed by atoms with van der Waals surface area (Å²) in [5, 5.41) is 3.59.